The van der Waals surface area contributed by atoms with Crippen LogP contribution in [0.5, 0.6) is 0 Å². The van der Waals surface area contributed by atoms with Crippen LogP contribution < -0.4 is 5.32 Å². The van der Waals surface area contributed by atoms with Gasteiger partial charge in [-0.3, -0.25) is 28.9 Å². The maximum atomic E-state index is 12.8. The van der Waals surface area contributed by atoms with Gasteiger partial charge in [-0.05, 0) is 44.4 Å². The van der Waals surface area contributed by atoms with E-state index in [9.17, 15) is 24.0 Å². The molecule has 1 fully saturated rings. The summed E-state index contributed by atoms with van der Waals surface area (Å²) in [5.74, 6) is -2.66. The molecule has 8 heteroatoms. The summed E-state index contributed by atoms with van der Waals surface area (Å²) in [4.78, 5) is 60.8. The molecule has 1 aliphatic heterocycles. The normalized spacial score (nSPS) is 23.9. The van der Waals surface area contributed by atoms with E-state index < -0.39 is 23.8 Å². The zero-order chi connectivity index (χ0) is 21.7. The average molecular weight is 406 g/mol. The summed E-state index contributed by atoms with van der Waals surface area (Å²) in [6, 6.07) is -1.00. The maximum absolute atomic E-state index is 12.8. The number of hydrogen-bond donors (Lipinski definition) is 2. The molecule has 0 aromatic carbocycles. The second kappa shape index (κ2) is 9.80. The predicted molar refractivity (Wildman–Crippen MR) is 105 cm³/mol. The number of amides is 3. The van der Waals surface area contributed by atoms with Crippen molar-refractivity contribution in [2.75, 3.05) is 6.54 Å². The summed E-state index contributed by atoms with van der Waals surface area (Å²) >= 11 is 0. The molecular formula is C21H30N2O6. The first-order valence-electron chi connectivity index (χ1n) is 10.2. The van der Waals surface area contributed by atoms with Gasteiger partial charge >= 0.3 is 5.97 Å². The van der Waals surface area contributed by atoms with Crippen LogP contribution in [0.2, 0.25) is 0 Å². The third-order valence-corrected chi connectivity index (χ3v) is 5.94. The van der Waals surface area contributed by atoms with Crippen molar-refractivity contribution in [3.8, 4) is 0 Å². The molecule has 0 aromatic rings. The smallest absolute Gasteiger partial charge is 0.325 e. The summed E-state index contributed by atoms with van der Waals surface area (Å²) in [5, 5.41) is 11.4. The van der Waals surface area contributed by atoms with Crippen LogP contribution in [0.4, 0.5) is 0 Å². The number of nitrogens with zero attached hydrogens (tertiary/aromatic N) is 1. The van der Waals surface area contributed by atoms with Crippen LogP contribution in [-0.2, 0) is 24.0 Å². The Hall–Kier alpha value is -2.51. The van der Waals surface area contributed by atoms with Crippen LogP contribution in [0.25, 0.3) is 0 Å². The van der Waals surface area contributed by atoms with E-state index >= 15 is 0 Å². The second-order valence-electron chi connectivity index (χ2n) is 8.43. The zero-order valence-corrected chi connectivity index (χ0v) is 17.2. The van der Waals surface area contributed by atoms with Crippen molar-refractivity contribution in [3.05, 3.63) is 12.2 Å². The first-order chi connectivity index (χ1) is 13.6. The molecule has 0 saturated heterocycles. The van der Waals surface area contributed by atoms with Crippen molar-refractivity contribution in [1.82, 2.24) is 10.2 Å². The molecule has 0 radical (unpaired) electrons. The first kappa shape index (κ1) is 22.8. The van der Waals surface area contributed by atoms with Gasteiger partial charge in [-0.15, -0.1) is 0 Å². The van der Waals surface area contributed by atoms with Gasteiger partial charge < -0.3 is 10.4 Å². The fraction of sp³-hybridized carbons (Fsp3) is 0.667. The Morgan fingerprint density at radius 1 is 1.07 bits per heavy atom. The molecule has 1 heterocycles. The largest absolute Gasteiger partial charge is 0.480 e. The van der Waals surface area contributed by atoms with E-state index in [0.29, 0.717) is 19.4 Å². The van der Waals surface area contributed by atoms with Crippen molar-refractivity contribution in [2.45, 2.75) is 58.9 Å². The summed E-state index contributed by atoms with van der Waals surface area (Å²) in [6.07, 6.45) is 5.50. The Bertz CT molecular complexity index is 688. The van der Waals surface area contributed by atoms with Gasteiger partial charge in [-0.25, -0.2) is 0 Å². The van der Waals surface area contributed by atoms with Gasteiger partial charge in [0, 0.05) is 37.0 Å². The Kier molecular flexibility index (Phi) is 7.70. The Labute approximate surface area is 170 Å². The number of rotatable bonds is 9. The molecule has 0 spiro atoms. The Balaban J connectivity index is 1.85. The molecule has 0 unspecified atom stereocenters. The van der Waals surface area contributed by atoms with Gasteiger partial charge in [-0.1, -0.05) is 13.8 Å². The molecule has 2 aliphatic rings. The van der Waals surface area contributed by atoms with E-state index in [1.807, 2.05) is 13.8 Å². The van der Waals surface area contributed by atoms with E-state index in [1.54, 1.807) is 0 Å². The van der Waals surface area contributed by atoms with Crippen molar-refractivity contribution in [1.29, 1.82) is 0 Å². The molecule has 1 aliphatic carbocycles. The zero-order valence-electron chi connectivity index (χ0n) is 17.2. The molecule has 3 amide bonds. The lowest BCUT2D eigenvalue weighted by Crippen LogP contribution is -2.44. The lowest BCUT2D eigenvalue weighted by atomic mass is 9.77. The summed E-state index contributed by atoms with van der Waals surface area (Å²) in [6.45, 7) is 5.47. The molecule has 1 saturated carbocycles. The minimum atomic E-state index is -1.12. The minimum absolute atomic E-state index is 0.0234. The van der Waals surface area contributed by atoms with Crippen LogP contribution in [0.1, 0.15) is 52.9 Å². The monoisotopic (exact) mass is 406 g/mol. The standard InChI is InChI=1S/C21H30N2O6/c1-12(2)16(20(27)22-13(3)21(28)29)10-17(24)15-6-4-14(5-7-15)11-23-18(25)8-9-19(23)26/h8-9,12-16H,4-7,10-11H2,1-3H3,(H,22,27)(H,28,29)/t13-,14?,15?,16-/m0/s1. The van der Waals surface area contributed by atoms with Crippen LogP contribution in [-0.4, -0.2) is 52.1 Å². The number of carboxylic acids is 1. The van der Waals surface area contributed by atoms with Gasteiger partial charge in [0.1, 0.15) is 11.8 Å². The van der Waals surface area contributed by atoms with Crippen molar-refractivity contribution >= 4 is 29.5 Å². The van der Waals surface area contributed by atoms with Crippen LogP contribution in [0.15, 0.2) is 12.2 Å². The highest BCUT2D eigenvalue weighted by Crippen LogP contribution is 2.32. The fourth-order valence-electron chi connectivity index (χ4n) is 3.93. The van der Waals surface area contributed by atoms with E-state index in [2.05, 4.69) is 5.32 Å². The number of carbonyl (C=O) groups excluding carboxylic acids is 4. The van der Waals surface area contributed by atoms with Gasteiger partial charge in [0.2, 0.25) is 5.91 Å². The van der Waals surface area contributed by atoms with E-state index in [4.69, 9.17) is 5.11 Å². The van der Waals surface area contributed by atoms with E-state index in [-0.39, 0.29) is 41.8 Å². The summed E-state index contributed by atoms with van der Waals surface area (Å²) in [5.41, 5.74) is 0. The van der Waals surface area contributed by atoms with Crippen LogP contribution in [0.3, 0.4) is 0 Å². The quantitative estimate of drug-likeness (QED) is 0.560. The number of hydrogen-bond acceptors (Lipinski definition) is 5. The van der Waals surface area contributed by atoms with E-state index in [0.717, 1.165) is 12.8 Å². The third-order valence-electron chi connectivity index (χ3n) is 5.94. The van der Waals surface area contributed by atoms with Gasteiger partial charge in [0.05, 0.1) is 0 Å². The number of Topliss-reactive ketones (excluding diaryl/α,β-unsaturated/α-hetero) is 1. The Morgan fingerprint density at radius 3 is 2.10 bits per heavy atom. The van der Waals surface area contributed by atoms with E-state index in [1.165, 1.54) is 24.0 Å². The summed E-state index contributed by atoms with van der Waals surface area (Å²) < 4.78 is 0. The van der Waals surface area contributed by atoms with Crippen LogP contribution in [0, 0.1) is 23.7 Å². The molecule has 29 heavy (non-hydrogen) atoms. The van der Waals surface area contributed by atoms with Crippen molar-refractivity contribution in [3.63, 3.8) is 0 Å². The molecule has 160 valence electrons. The number of carbonyl (C=O) groups is 5. The number of ketones is 1. The third kappa shape index (κ3) is 5.98. The highest BCUT2D eigenvalue weighted by Gasteiger charge is 2.34. The lowest BCUT2D eigenvalue weighted by Gasteiger charge is -2.31. The highest BCUT2D eigenvalue weighted by atomic mass is 16.4. The number of aliphatic carboxylic acids is 1. The topological polar surface area (TPSA) is 121 Å². The SMILES string of the molecule is CC(C)[C@H](CC(=O)C1CCC(CN2C(=O)C=CC2=O)CC1)C(=O)N[C@@H](C)C(=O)O. The van der Waals surface area contributed by atoms with Gasteiger partial charge in [-0.2, -0.15) is 0 Å². The highest BCUT2D eigenvalue weighted by molar-refractivity contribution is 6.12. The number of imide groups is 1. The fourth-order valence-corrected chi connectivity index (χ4v) is 3.93. The lowest BCUT2D eigenvalue weighted by molar-refractivity contribution is -0.142. The molecule has 0 aromatic heterocycles. The van der Waals surface area contributed by atoms with Crippen molar-refractivity contribution in [2.24, 2.45) is 23.7 Å². The van der Waals surface area contributed by atoms with Crippen molar-refractivity contribution < 1.29 is 29.1 Å². The summed E-state index contributed by atoms with van der Waals surface area (Å²) in [7, 11) is 0. The van der Waals surface area contributed by atoms with Gasteiger partial charge in [0.15, 0.2) is 0 Å². The van der Waals surface area contributed by atoms with Gasteiger partial charge in [0.25, 0.3) is 11.8 Å². The first-order valence-corrected chi connectivity index (χ1v) is 10.2. The second-order valence-corrected chi connectivity index (χ2v) is 8.43. The van der Waals surface area contributed by atoms with Crippen LogP contribution >= 0.6 is 0 Å². The number of carboxylic acid groups (broad SMARTS) is 1. The molecule has 0 bridgehead atoms. The molecule has 2 atom stereocenters. The minimum Gasteiger partial charge on any atom is -0.480 e. The molecule has 8 nitrogen and oxygen atoms in total. The molecule has 2 N–H and O–H groups in total. The molecular weight excluding hydrogens is 376 g/mol. The maximum Gasteiger partial charge on any atom is 0.325 e. The average Bonchev–Trinajstić information content (AvgIpc) is 2.97. The predicted octanol–water partition coefficient (Wildman–Crippen LogP) is 1.54. The number of nitrogens with one attached hydrogen (secondary N) is 1. The Morgan fingerprint density at radius 2 is 1.62 bits per heavy atom. The molecule has 2 rings (SSSR count).